The van der Waals surface area contributed by atoms with E-state index < -0.39 is 10.0 Å². The molecule has 78 valence electrons. The van der Waals surface area contributed by atoms with Gasteiger partial charge in [0.2, 0.25) is 10.0 Å². The molecule has 3 nitrogen and oxygen atoms in total. The van der Waals surface area contributed by atoms with Crippen molar-refractivity contribution in [1.82, 2.24) is 0 Å². The summed E-state index contributed by atoms with van der Waals surface area (Å²) in [5.41, 5.74) is 1.11. The maximum atomic E-state index is 11.0. The molecule has 0 radical (unpaired) electrons. The molecule has 1 aromatic rings. The van der Waals surface area contributed by atoms with Gasteiger partial charge in [-0.2, -0.15) is 0 Å². The Hall–Kier alpha value is 0.766. The maximum Gasteiger partial charge on any atom is 1.00 e. The van der Waals surface area contributed by atoms with Crippen LogP contribution in [0, 0.1) is 0 Å². The second-order valence-corrected chi connectivity index (χ2v) is 5.88. The number of primary sulfonamides is 1. The maximum absolute atomic E-state index is 11.0. The summed E-state index contributed by atoms with van der Waals surface area (Å²) in [6.07, 6.45) is 0. The molecule has 0 fully saturated rings. The first-order valence-corrected chi connectivity index (χ1v) is 5.89. The van der Waals surface area contributed by atoms with Gasteiger partial charge in [0.15, 0.2) is 0 Å². The molecule has 1 rings (SSSR count). The molecular formula is C10H15KNO2S+. The van der Waals surface area contributed by atoms with Crippen LogP contribution in [0.15, 0.2) is 29.2 Å². The number of benzene rings is 1. The minimum Gasteiger partial charge on any atom is -0.225 e. The van der Waals surface area contributed by atoms with Crippen LogP contribution in [0.25, 0.3) is 0 Å². The van der Waals surface area contributed by atoms with Crippen LogP contribution in [0.5, 0.6) is 0 Å². The van der Waals surface area contributed by atoms with Gasteiger partial charge in [-0.25, -0.2) is 13.6 Å². The van der Waals surface area contributed by atoms with E-state index >= 15 is 0 Å². The number of rotatable bonds is 1. The van der Waals surface area contributed by atoms with Crippen LogP contribution in [0.2, 0.25) is 0 Å². The molecule has 2 N–H and O–H groups in total. The molecule has 0 saturated carbocycles. The monoisotopic (exact) mass is 252 g/mol. The van der Waals surface area contributed by atoms with E-state index in [9.17, 15) is 8.42 Å². The van der Waals surface area contributed by atoms with Crippen LogP contribution in [-0.4, -0.2) is 8.42 Å². The quantitative estimate of drug-likeness (QED) is 0.627. The summed E-state index contributed by atoms with van der Waals surface area (Å²) < 4.78 is 21.9. The minimum absolute atomic E-state index is 0. The molecule has 0 bridgehead atoms. The molecule has 1 aromatic carbocycles. The Morgan fingerprint density at radius 2 is 1.47 bits per heavy atom. The molecular weight excluding hydrogens is 237 g/mol. The average Bonchev–Trinajstić information content (AvgIpc) is 2.01. The zero-order valence-corrected chi connectivity index (χ0v) is 13.6. The van der Waals surface area contributed by atoms with Crippen LogP contribution in [-0.2, 0) is 15.4 Å². The fraction of sp³-hybridized carbons (Fsp3) is 0.400. The fourth-order valence-electron chi connectivity index (χ4n) is 1.14. The van der Waals surface area contributed by atoms with E-state index in [2.05, 4.69) is 20.8 Å². The zero-order chi connectivity index (χ0) is 11.0. The van der Waals surface area contributed by atoms with E-state index in [4.69, 9.17) is 5.14 Å². The summed E-state index contributed by atoms with van der Waals surface area (Å²) in [5.74, 6) is 0. The van der Waals surface area contributed by atoms with Crippen molar-refractivity contribution in [3.05, 3.63) is 29.8 Å². The van der Waals surface area contributed by atoms with Crippen LogP contribution in [0.1, 0.15) is 26.3 Å². The fourth-order valence-corrected chi connectivity index (χ4v) is 1.66. The normalized spacial score (nSPS) is 12.0. The van der Waals surface area contributed by atoms with Crippen LogP contribution in [0.3, 0.4) is 0 Å². The largest absolute Gasteiger partial charge is 1.00 e. The Morgan fingerprint density at radius 1 is 1.07 bits per heavy atom. The molecule has 0 aliphatic heterocycles. The Morgan fingerprint density at radius 3 is 1.73 bits per heavy atom. The third kappa shape index (κ3) is 4.64. The van der Waals surface area contributed by atoms with E-state index in [1.807, 2.05) is 0 Å². The van der Waals surface area contributed by atoms with E-state index in [-0.39, 0.29) is 61.7 Å². The Labute approximate surface area is 134 Å². The standard InChI is InChI=1S/C10H15NO2S.K/c1-10(2,3)8-4-6-9(7-5-8)14(11,12)13;/h4-7H,1-3H3,(H2,11,12,13);/q;+1. The average molecular weight is 252 g/mol. The van der Waals surface area contributed by atoms with Crippen molar-refractivity contribution >= 4 is 10.0 Å². The number of sulfonamides is 1. The van der Waals surface area contributed by atoms with Gasteiger partial charge in [-0.15, -0.1) is 0 Å². The summed E-state index contributed by atoms with van der Waals surface area (Å²) in [6, 6.07) is 6.66. The van der Waals surface area contributed by atoms with Crippen molar-refractivity contribution in [3.63, 3.8) is 0 Å². The number of hydrogen-bond acceptors (Lipinski definition) is 2. The summed E-state index contributed by atoms with van der Waals surface area (Å²) in [5, 5.41) is 4.99. The smallest absolute Gasteiger partial charge is 0.225 e. The first-order chi connectivity index (χ1) is 6.21. The van der Waals surface area contributed by atoms with Gasteiger partial charge in [0.05, 0.1) is 4.90 Å². The SMILES string of the molecule is CC(C)(C)c1ccc(S(N)(=O)=O)cc1.[K+]. The Bertz CT molecular complexity index is 418. The molecule has 15 heavy (non-hydrogen) atoms. The third-order valence-corrected chi connectivity index (χ3v) is 2.98. The van der Waals surface area contributed by atoms with Gasteiger partial charge >= 0.3 is 51.4 Å². The summed E-state index contributed by atoms with van der Waals surface area (Å²) in [7, 11) is -3.57. The van der Waals surface area contributed by atoms with Crippen molar-refractivity contribution in [2.75, 3.05) is 0 Å². The van der Waals surface area contributed by atoms with Gasteiger partial charge in [0, 0.05) is 0 Å². The molecule has 0 aromatic heterocycles. The van der Waals surface area contributed by atoms with E-state index in [1.165, 1.54) is 12.1 Å². The predicted molar refractivity (Wildman–Crippen MR) is 56.5 cm³/mol. The van der Waals surface area contributed by atoms with Gasteiger partial charge in [0.25, 0.3) is 0 Å². The van der Waals surface area contributed by atoms with Crippen molar-refractivity contribution in [2.45, 2.75) is 31.1 Å². The number of hydrogen-bond donors (Lipinski definition) is 1. The summed E-state index contributed by atoms with van der Waals surface area (Å²) >= 11 is 0. The molecule has 0 aliphatic carbocycles. The van der Waals surface area contributed by atoms with Crippen LogP contribution < -0.4 is 56.5 Å². The molecule has 0 atom stereocenters. The van der Waals surface area contributed by atoms with Crippen molar-refractivity contribution < 1.29 is 59.8 Å². The Balaban J connectivity index is 0.00000196. The number of nitrogens with two attached hydrogens (primary N) is 1. The molecule has 0 aliphatic rings. The Kier molecular flexibility index (Phi) is 5.67. The summed E-state index contributed by atoms with van der Waals surface area (Å²) in [4.78, 5) is 0.158. The van der Waals surface area contributed by atoms with Gasteiger partial charge in [-0.1, -0.05) is 32.9 Å². The van der Waals surface area contributed by atoms with Crippen molar-refractivity contribution in [2.24, 2.45) is 5.14 Å². The van der Waals surface area contributed by atoms with Crippen LogP contribution in [0.4, 0.5) is 0 Å². The molecule has 0 unspecified atom stereocenters. The topological polar surface area (TPSA) is 60.2 Å². The van der Waals surface area contributed by atoms with Crippen molar-refractivity contribution in [3.8, 4) is 0 Å². The molecule has 0 spiro atoms. The molecule has 0 heterocycles. The van der Waals surface area contributed by atoms with Gasteiger partial charge in [-0.3, -0.25) is 0 Å². The van der Waals surface area contributed by atoms with E-state index in [0.717, 1.165) is 5.56 Å². The zero-order valence-electron chi connectivity index (χ0n) is 9.61. The minimum atomic E-state index is -3.57. The molecule has 0 saturated heterocycles. The van der Waals surface area contributed by atoms with Gasteiger partial charge in [-0.05, 0) is 23.1 Å². The first-order valence-electron chi connectivity index (χ1n) is 4.34. The van der Waals surface area contributed by atoms with E-state index in [1.54, 1.807) is 12.1 Å². The third-order valence-electron chi connectivity index (χ3n) is 2.05. The van der Waals surface area contributed by atoms with Crippen LogP contribution >= 0.6 is 0 Å². The predicted octanol–water partition coefficient (Wildman–Crippen LogP) is -1.36. The van der Waals surface area contributed by atoms with Crippen molar-refractivity contribution in [1.29, 1.82) is 0 Å². The second kappa shape index (κ2) is 5.40. The molecule has 5 heteroatoms. The summed E-state index contributed by atoms with van der Waals surface area (Å²) in [6.45, 7) is 6.21. The van der Waals surface area contributed by atoms with Gasteiger partial charge in [0.1, 0.15) is 0 Å². The van der Waals surface area contributed by atoms with E-state index in [0.29, 0.717) is 0 Å². The first kappa shape index (κ1) is 15.8. The molecule has 0 amide bonds. The van der Waals surface area contributed by atoms with Gasteiger partial charge < -0.3 is 0 Å². The second-order valence-electron chi connectivity index (χ2n) is 4.32.